The number of thiocarbonyl (C=S) groups is 1. The van der Waals surface area contributed by atoms with Gasteiger partial charge in [-0.2, -0.15) is 0 Å². The van der Waals surface area contributed by atoms with E-state index in [1.807, 2.05) is 0 Å². The molecule has 1 N–H and O–H groups in total. The van der Waals surface area contributed by atoms with Crippen LogP contribution in [-0.2, 0) is 11.3 Å². The number of thiophene rings is 1. The number of nitrogens with zero attached hydrogens (tertiary/aromatic N) is 1. The summed E-state index contributed by atoms with van der Waals surface area (Å²) in [6.45, 7) is 6.60. The second-order valence-electron chi connectivity index (χ2n) is 4.03. The minimum Gasteiger partial charge on any atom is -0.383 e. The van der Waals surface area contributed by atoms with Crippen molar-refractivity contribution in [1.82, 2.24) is 10.2 Å². The predicted octanol–water partition coefficient (Wildman–Crippen LogP) is 2.48. The van der Waals surface area contributed by atoms with E-state index >= 15 is 0 Å². The number of rotatable bonds is 6. The van der Waals surface area contributed by atoms with Gasteiger partial charge >= 0.3 is 0 Å². The second kappa shape index (κ2) is 7.63. The Hall–Kier alpha value is -0.650. The number of nitrogens with one attached hydrogen (secondary N) is 1. The third-order valence-corrected chi connectivity index (χ3v) is 3.61. The summed E-state index contributed by atoms with van der Waals surface area (Å²) >= 11 is 7.16. The summed E-state index contributed by atoms with van der Waals surface area (Å²) in [4.78, 5) is 3.52. The molecular formula is C12H20N2OS2. The van der Waals surface area contributed by atoms with Gasteiger partial charge in [-0.25, -0.2) is 0 Å². The van der Waals surface area contributed by atoms with Crippen LogP contribution in [0.25, 0.3) is 0 Å². The highest BCUT2D eigenvalue weighted by Gasteiger charge is 2.13. The molecule has 0 saturated carbocycles. The predicted molar refractivity (Wildman–Crippen MR) is 77.5 cm³/mol. The Morgan fingerprint density at radius 2 is 2.35 bits per heavy atom. The van der Waals surface area contributed by atoms with Crippen molar-refractivity contribution in [3.05, 3.63) is 22.4 Å². The smallest absolute Gasteiger partial charge is 0.169 e. The van der Waals surface area contributed by atoms with Gasteiger partial charge in [-0.1, -0.05) is 6.07 Å². The highest BCUT2D eigenvalue weighted by molar-refractivity contribution is 7.80. The van der Waals surface area contributed by atoms with Crippen LogP contribution < -0.4 is 5.32 Å². The standard InChI is InChI=1S/C12H20N2OS2/c1-10(2)14(9-11-5-4-8-17-11)12(16)13-6-7-15-3/h4-5,8,10H,6-7,9H2,1-3H3,(H,13,16). The molecule has 0 radical (unpaired) electrons. The zero-order valence-electron chi connectivity index (χ0n) is 10.6. The first kappa shape index (κ1) is 14.4. The van der Waals surface area contributed by atoms with E-state index in [0.717, 1.165) is 18.2 Å². The van der Waals surface area contributed by atoms with Gasteiger partial charge in [0.25, 0.3) is 0 Å². The highest BCUT2D eigenvalue weighted by atomic mass is 32.1. The van der Waals surface area contributed by atoms with Crippen molar-refractivity contribution in [2.24, 2.45) is 0 Å². The monoisotopic (exact) mass is 272 g/mol. The van der Waals surface area contributed by atoms with Crippen molar-refractivity contribution < 1.29 is 4.74 Å². The third-order valence-electron chi connectivity index (χ3n) is 2.37. The van der Waals surface area contributed by atoms with Crippen LogP contribution in [0.4, 0.5) is 0 Å². The summed E-state index contributed by atoms with van der Waals surface area (Å²) in [6.07, 6.45) is 0. The lowest BCUT2D eigenvalue weighted by atomic mass is 10.3. The van der Waals surface area contributed by atoms with E-state index in [-0.39, 0.29) is 0 Å². The van der Waals surface area contributed by atoms with Gasteiger partial charge in [0, 0.05) is 24.6 Å². The van der Waals surface area contributed by atoms with E-state index in [9.17, 15) is 0 Å². The lowest BCUT2D eigenvalue weighted by Gasteiger charge is -2.29. The van der Waals surface area contributed by atoms with Crippen molar-refractivity contribution in [1.29, 1.82) is 0 Å². The Labute approximate surface area is 113 Å². The van der Waals surface area contributed by atoms with Crippen LogP contribution in [0.15, 0.2) is 17.5 Å². The molecule has 1 heterocycles. The molecule has 0 saturated heterocycles. The molecule has 1 aromatic heterocycles. The van der Waals surface area contributed by atoms with Crippen LogP contribution in [0.3, 0.4) is 0 Å². The Morgan fingerprint density at radius 3 is 2.88 bits per heavy atom. The maximum atomic E-state index is 5.40. The summed E-state index contributed by atoms with van der Waals surface area (Å²) in [5, 5.41) is 6.10. The van der Waals surface area contributed by atoms with Crippen LogP contribution >= 0.6 is 23.6 Å². The SMILES string of the molecule is COCCNC(=S)N(Cc1cccs1)C(C)C. The number of hydrogen-bond acceptors (Lipinski definition) is 3. The highest BCUT2D eigenvalue weighted by Crippen LogP contribution is 2.14. The van der Waals surface area contributed by atoms with Gasteiger partial charge in [0.1, 0.15) is 0 Å². The van der Waals surface area contributed by atoms with E-state index in [4.69, 9.17) is 17.0 Å². The van der Waals surface area contributed by atoms with Crippen molar-refractivity contribution >= 4 is 28.7 Å². The first-order valence-corrected chi connectivity index (χ1v) is 6.99. The van der Waals surface area contributed by atoms with Gasteiger partial charge in [-0.3, -0.25) is 0 Å². The number of methoxy groups -OCH3 is 1. The van der Waals surface area contributed by atoms with Gasteiger partial charge in [0.15, 0.2) is 5.11 Å². The normalized spacial score (nSPS) is 10.6. The van der Waals surface area contributed by atoms with Crippen molar-refractivity contribution in [3.8, 4) is 0 Å². The summed E-state index contributed by atoms with van der Waals surface area (Å²) < 4.78 is 5.00. The molecule has 1 rings (SSSR count). The molecule has 3 nitrogen and oxygen atoms in total. The van der Waals surface area contributed by atoms with Crippen LogP contribution in [-0.4, -0.2) is 36.3 Å². The quantitative estimate of drug-likeness (QED) is 0.635. The first-order chi connectivity index (χ1) is 8.15. The summed E-state index contributed by atoms with van der Waals surface area (Å²) in [5.41, 5.74) is 0. The van der Waals surface area contributed by atoms with E-state index in [0.29, 0.717) is 12.6 Å². The fourth-order valence-corrected chi connectivity index (χ4v) is 2.50. The molecule has 0 atom stereocenters. The van der Waals surface area contributed by atoms with E-state index < -0.39 is 0 Å². The Balaban J connectivity index is 2.50. The largest absolute Gasteiger partial charge is 0.383 e. The molecule has 0 bridgehead atoms. The lowest BCUT2D eigenvalue weighted by molar-refractivity contribution is 0.202. The van der Waals surface area contributed by atoms with Gasteiger partial charge in [-0.15, -0.1) is 11.3 Å². The van der Waals surface area contributed by atoms with Crippen molar-refractivity contribution in [2.75, 3.05) is 20.3 Å². The van der Waals surface area contributed by atoms with Crippen molar-refractivity contribution in [3.63, 3.8) is 0 Å². The van der Waals surface area contributed by atoms with Gasteiger partial charge in [0.2, 0.25) is 0 Å². The Kier molecular flexibility index (Phi) is 6.47. The van der Waals surface area contributed by atoms with Crippen LogP contribution in [0.5, 0.6) is 0 Å². The van der Waals surface area contributed by atoms with E-state index in [2.05, 4.69) is 41.6 Å². The molecule has 0 fully saturated rings. The molecule has 17 heavy (non-hydrogen) atoms. The zero-order chi connectivity index (χ0) is 12.7. The molecular weight excluding hydrogens is 252 g/mol. The molecule has 96 valence electrons. The molecule has 0 unspecified atom stereocenters. The molecule has 0 aliphatic heterocycles. The topological polar surface area (TPSA) is 24.5 Å². The minimum absolute atomic E-state index is 0.389. The molecule has 5 heteroatoms. The van der Waals surface area contributed by atoms with Crippen LogP contribution in [0.1, 0.15) is 18.7 Å². The zero-order valence-corrected chi connectivity index (χ0v) is 12.2. The van der Waals surface area contributed by atoms with Gasteiger partial charge < -0.3 is 15.0 Å². The number of hydrogen-bond donors (Lipinski definition) is 1. The Morgan fingerprint density at radius 1 is 1.59 bits per heavy atom. The maximum Gasteiger partial charge on any atom is 0.169 e. The van der Waals surface area contributed by atoms with Gasteiger partial charge in [0.05, 0.1) is 13.2 Å². The van der Waals surface area contributed by atoms with Crippen LogP contribution in [0, 0.1) is 0 Å². The Bertz CT molecular complexity index is 325. The molecule has 0 aliphatic carbocycles. The van der Waals surface area contributed by atoms with Gasteiger partial charge in [-0.05, 0) is 37.5 Å². The molecule has 0 aromatic carbocycles. The molecule has 0 aliphatic rings. The maximum absolute atomic E-state index is 5.40. The van der Waals surface area contributed by atoms with Crippen LogP contribution in [0.2, 0.25) is 0 Å². The minimum atomic E-state index is 0.389. The second-order valence-corrected chi connectivity index (χ2v) is 5.44. The van der Waals surface area contributed by atoms with E-state index in [1.165, 1.54) is 4.88 Å². The summed E-state index contributed by atoms with van der Waals surface area (Å²) in [6, 6.07) is 4.59. The number of ether oxygens (including phenoxy) is 1. The first-order valence-electron chi connectivity index (χ1n) is 5.71. The van der Waals surface area contributed by atoms with Crippen molar-refractivity contribution in [2.45, 2.75) is 26.4 Å². The summed E-state index contributed by atoms with van der Waals surface area (Å²) in [5.74, 6) is 0. The average Bonchev–Trinajstić information content (AvgIpc) is 2.78. The fourth-order valence-electron chi connectivity index (χ4n) is 1.42. The lowest BCUT2D eigenvalue weighted by Crippen LogP contribution is -2.44. The molecule has 0 spiro atoms. The third kappa shape index (κ3) is 5.02. The fraction of sp³-hybridized carbons (Fsp3) is 0.583. The molecule has 1 aromatic rings. The molecule has 0 amide bonds. The van der Waals surface area contributed by atoms with E-state index in [1.54, 1.807) is 18.4 Å². The average molecular weight is 272 g/mol. The summed E-state index contributed by atoms with van der Waals surface area (Å²) in [7, 11) is 1.69.